The summed E-state index contributed by atoms with van der Waals surface area (Å²) < 4.78 is 60.2. The number of rotatable bonds is 7. The summed E-state index contributed by atoms with van der Waals surface area (Å²) in [4.78, 5) is 25.8. The number of nitrogens with zero attached hydrogens (tertiary/aromatic N) is 2. The normalized spacial score (nSPS) is 12.1. The van der Waals surface area contributed by atoms with Gasteiger partial charge in [0.15, 0.2) is 11.1 Å². The van der Waals surface area contributed by atoms with Crippen LogP contribution in [-0.2, 0) is 36.0 Å². The van der Waals surface area contributed by atoms with Crippen molar-refractivity contribution in [1.29, 1.82) is 5.26 Å². The molecule has 1 atom stereocenters. The molecule has 0 fully saturated rings. The number of alkyl halides is 3. The second-order valence-corrected chi connectivity index (χ2v) is 8.16. The molecule has 1 heterocycles. The van der Waals surface area contributed by atoms with E-state index in [4.69, 9.17) is 9.81 Å². The Morgan fingerprint density at radius 3 is 2.38 bits per heavy atom. The van der Waals surface area contributed by atoms with Crippen molar-refractivity contribution in [2.75, 3.05) is 0 Å². The molecule has 1 aromatic heterocycles. The molecule has 2 aromatic carbocycles. The average molecular weight is 489 g/mol. The van der Waals surface area contributed by atoms with Crippen molar-refractivity contribution in [1.82, 2.24) is 9.88 Å². The Morgan fingerprint density at radius 2 is 1.76 bits per heavy atom. The van der Waals surface area contributed by atoms with Crippen LogP contribution in [0.15, 0.2) is 65.5 Å². The molecule has 0 aliphatic carbocycles. The summed E-state index contributed by atoms with van der Waals surface area (Å²) >= 11 is -1.98. The van der Waals surface area contributed by atoms with Gasteiger partial charge in [-0.3, -0.25) is 14.2 Å². The third-order valence-corrected chi connectivity index (χ3v) is 5.45. The zero-order valence-corrected chi connectivity index (χ0v) is 18.3. The minimum absolute atomic E-state index is 0.0310. The Hall–Kier alpha value is -3.75. The highest BCUT2D eigenvalue weighted by Gasteiger charge is 2.31. The second-order valence-electron chi connectivity index (χ2n) is 7.23. The third-order valence-electron chi connectivity index (χ3n) is 4.87. The van der Waals surface area contributed by atoms with Gasteiger partial charge in [-0.25, -0.2) is 4.21 Å². The van der Waals surface area contributed by atoms with Crippen LogP contribution in [-0.4, -0.2) is 19.2 Å². The maximum Gasteiger partial charge on any atom is 0.416 e. The number of pyridine rings is 1. The van der Waals surface area contributed by atoms with Gasteiger partial charge in [-0.2, -0.15) is 18.4 Å². The van der Waals surface area contributed by atoms with Crippen LogP contribution < -0.4 is 10.9 Å². The molecule has 0 radical (unpaired) electrons. The molecule has 3 aromatic rings. The monoisotopic (exact) mass is 489 g/mol. The number of carbonyl (C=O) groups excluding carboxylic acids is 1. The van der Waals surface area contributed by atoms with Gasteiger partial charge < -0.3 is 9.87 Å². The molecule has 0 saturated heterocycles. The Labute approximate surface area is 194 Å². The van der Waals surface area contributed by atoms with Crippen LogP contribution in [0.25, 0.3) is 5.69 Å². The lowest BCUT2D eigenvalue weighted by atomic mass is 10.1. The van der Waals surface area contributed by atoms with Crippen LogP contribution in [0.2, 0.25) is 0 Å². The molecular formula is C23H18F3N3O4S. The lowest BCUT2D eigenvalue weighted by Crippen LogP contribution is -2.33. The zero-order chi connectivity index (χ0) is 24.9. The van der Waals surface area contributed by atoms with Gasteiger partial charge in [0, 0.05) is 17.9 Å². The van der Waals surface area contributed by atoms with Gasteiger partial charge in [0.1, 0.15) is 5.56 Å². The molecule has 0 aliphatic rings. The fourth-order valence-corrected chi connectivity index (χ4v) is 3.72. The second kappa shape index (κ2) is 10.5. The topological polar surface area (TPSA) is 112 Å². The van der Waals surface area contributed by atoms with Crippen molar-refractivity contribution in [3.05, 3.63) is 99.0 Å². The first-order chi connectivity index (χ1) is 16.1. The van der Waals surface area contributed by atoms with E-state index in [1.807, 2.05) is 6.07 Å². The molecule has 176 valence electrons. The number of carbonyl (C=O) groups is 1. The average Bonchev–Trinajstić information content (AvgIpc) is 2.78. The van der Waals surface area contributed by atoms with E-state index < -0.39 is 34.3 Å². The molecule has 34 heavy (non-hydrogen) atoms. The first kappa shape index (κ1) is 24.9. The number of hydrogen-bond donors (Lipinski definition) is 2. The van der Waals surface area contributed by atoms with Gasteiger partial charge in [-0.1, -0.05) is 30.3 Å². The zero-order valence-electron chi connectivity index (χ0n) is 17.5. The Kier molecular flexibility index (Phi) is 7.65. The third kappa shape index (κ3) is 5.98. The maximum absolute atomic E-state index is 13.2. The van der Waals surface area contributed by atoms with Crippen LogP contribution in [0, 0.1) is 11.3 Å². The van der Waals surface area contributed by atoms with Crippen molar-refractivity contribution in [2.24, 2.45) is 0 Å². The molecule has 2 N–H and O–H groups in total. The van der Waals surface area contributed by atoms with Gasteiger partial charge in [0.05, 0.1) is 23.8 Å². The summed E-state index contributed by atoms with van der Waals surface area (Å²) in [5.74, 6) is -0.772. The van der Waals surface area contributed by atoms with Crippen LogP contribution in [0.1, 0.15) is 32.7 Å². The molecule has 0 saturated carbocycles. The van der Waals surface area contributed by atoms with E-state index in [1.165, 1.54) is 18.2 Å². The van der Waals surface area contributed by atoms with Crippen molar-refractivity contribution < 1.29 is 26.7 Å². The van der Waals surface area contributed by atoms with E-state index in [2.05, 4.69) is 5.32 Å². The summed E-state index contributed by atoms with van der Waals surface area (Å²) in [5.41, 5.74) is -0.801. The van der Waals surface area contributed by atoms with Crippen molar-refractivity contribution in [3.63, 3.8) is 0 Å². The summed E-state index contributed by atoms with van der Waals surface area (Å²) in [6.45, 7) is 0.0459. The Morgan fingerprint density at radius 1 is 1.09 bits per heavy atom. The predicted octanol–water partition coefficient (Wildman–Crippen LogP) is 3.57. The van der Waals surface area contributed by atoms with Gasteiger partial charge in [0.2, 0.25) is 0 Å². The first-order valence-corrected chi connectivity index (χ1v) is 11.1. The molecule has 0 spiro atoms. The van der Waals surface area contributed by atoms with Gasteiger partial charge in [-0.05, 0) is 41.5 Å². The molecule has 1 amide bonds. The highest BCUT2D eigenvalue weighted by molar-refractivity contribution is 7.78. The summed E-state index contributed by atoms with van der Waals surface area (Å²) in [6.07, 6.45) is -4.88. The maximum atomic E-state index is 13.2. The Balaban J connectivity index is 1.90. The van der Waals surface area contributed by atoms with Crippen molar-refractivity contribution in [3.8, 4) is 11.8 Å². The molecule has 3 rings (SSSR count). The van der Waals surface area contributed by atoms with E-state index in [1.54, 1.807) is 24.3 Å². The van der Waals surface area contributed by atoms with E-state index in [0.717, 1.165) is 22.8 Å². The summed E-state index contributed by atoms with van der Waals surface area (Å²) in [6, 6.07) is 15.1. The van der Waals surface area contributed by atoms with Crippen LogP contribution >= 0.6 is 0 Å². The number of nitriles is 1. The lowest BCUT2D eigenvalue weighted by Gasteiger charge is -2.15. The van der Waals surface area contributed by atoms with Crippen LogP contribution in [0.4, 0.5) is 13.2 Å². The smallest absolute Gasteiger partial charge is 0.348 e. The standard InChI is InChI=1S/C23H18F3N3O4S/c24-23(25,26)17-2-1-3-19(12-17)29-18(10-11-27)8-9-20(22(29)31)21(30)28-13-15-4-6-16(7-5-15)14-34(32)33/h1-9,12H,10,13-14H2,(H,28,30)(H,32,33). The largest absolute Gasteiger partial charge is 0.416 e. The quantitative estimate of drug-likeness (QED) is 0.493. The van der Waals surface area contributed by atoms with Crippen molar-refractivity contribution >= 4 is 17.0 Å². The van der Waals surface area contributed by atoms with E-state index in [0.29, 0.717) is 11.1 Å². The van der Waals surface area contributed by atoms with Crippen LogP contribution in [0.3, 0.4) is 0 Å². The number of nitrogens with one attached hydrogen (secondary N) is 1. The van der Waals surface area contributed by atoms with Crippen LogP contribution in [0.5, 0.6) is 0 Å². The molecule has 11 heteroatoms. The minimum Gasteiger partial charge on any atom is -0.348 e. The van der Waals surface area contributed by atoms with E-state index in [-0.39, 0.29) is 35.7 Å². The first-order valence-electron chi connectivity index (χ1n) is 9.83. The molecular weight excluding hydrogens is 471 g/mol. The Bertz CT molecular complexity index is 1330. The molecule has 7 nitrogen and oxygen atoms in total. The fourth-order valence-electron chi connectivity index (χ4n) is 3.25. The molecule has 1 unspecified atom stereocenters. The highest BCUT2D eigenvalue weighted by atomic mass is 32.2. The minimum atomic E-state index is -4.63. The van der Waals surface area contributed by atoms with Gasteiger partial charge in [0.25, 0.3) is 11.5 Å². The van der Waals surface area contributed by atoms with E-state index >= 15 is 0 Å². The number of amides is 1. The van der Waals surface area contributed by atoms with E-state index in [9.17, 15) is 27.0 Å². The highest BCUT2D eigenvalue weighted by Crippen LogP contribution is 2.30. The predicted molar refractivity (Wildman–Crippen MR) is 118 cm³/mol. The molecule has 0 aliphatic heterocycles. The van der Waals surface area contributed by atoms with Crippen molar-refractivity contribution in [2.45, 2.75) is 24.9 Å². The summed E-state index contributed by atoms with van der Waals surface area (Å²) in [7, 11) is 0. The fraction of sp³-hybridized carbons (Fsp3) is 0.174. The van der Waals surface area contributed by atoms with Gasteiger partial charge >= 0.3 is 6.18 Å². The van der Waals surface area contributed by atoms with Gasteiger partial charge in [-0.15, -0.1) is 0 Å². The summed E-state index contributed by atoms with van der Waals surface area (Å²) in [5, 5.41) is 11.6. The number of halogens is 3. The number of benzene rings is 2. The lowest BCUT2D eigenvalue weighted by molar-refractivity contribution is -0.137. The SMILES string of the molecule is N#CCc1ccc(C(=O)NCc2ccc(CS(=O)O)cc2)c(=O)n1-c1cccc(C(F)(F)F)c1. The molecule has 0 bridgehead atoms. The number of hydrogen-bond acceptors (Lipinski definition) is 4. The number of aromatic nitrogens is 1.